The molecule has 49 heavy (non-hydrogen) atoms. The number of aryl methyl sites for hydroxylation is 1. The van der Waals surface area contributed by atoms with Gasteiger partial charge in [-0.05, 0) is 77.8 Å². The van der Waals surface area contributed by atoms with Gasteiger partial charge in [0.15, 0.2) is 0 Å². The summed E-state index contributed by atoms with van der Waals surface area (Å²) in [5.74, 6) is -0.899. The van der Waals surface area contributed by atoms with Gasteiger partial charge in [0.2, 0.25) is 0 Å². The van der Waals surface area contributed by atoms with Gasteiger partial charge < -0.3 is 21.1 Å². The number of para-hydroxylation sites is 1. The molecule has 1 unspecified atom stereocenters. The molecule has 10 nitrogen and oxygen atoms in total. The number of nitrogens with one attached hydrogen (secondary N) is 4. The Hall–Kier alpha value is -5.16. The summed E-state index contributed by atoms with van der Waals surface area (Å²) >= 11 is 0. The fourth-order valence-electron chi connectivity index (χ4n) is 6.25. The second kappa shape index (κ2) is 16.3. The zero-order chi connectivity index (χ0) is 34.8. The highest BCUT2D eigenvalue weighted by Crippen LogP contribution is 2.34. The number of rotatable bonds is 13. The van der Waals surface area contributed by atoms with Gasteiger partial charge in [-0.25, -0.2) is 13.2 Å². The van der Waals surface area contributed by atoms with E-state index >= 15 is 0 Å². The number of carbonyl (C=O) groups is 3. The predicted octanol–water partition coefficient (Wildman–Crippen LogP) is 7.21. The van der Waals surface area contributed by atoms with E-state index in [1.54, 1.807) is 72.8 Å². The summed E-state index contributed by atoms with van der Waals surface area (Å²) < 4.78 is 29.9. The van der Waals surface area contributed by atoms with Crippen molar-refractivity contribution in [3.8, 4) is 0 Å². The molecule has 0 aliphatic heterocycles. The highest BCUT2D eigenvalue weighted by molar-refractivity contribution is 7.93. The molecule has 3 amide bonds. The lowest BCUT2D eigenvalue weighted by molar-refractivity contribution is -0.136. The van der Waals surface area contributed by atoms with E-state index < -0.39 is 34.0 Å². The van der Waals surface area contributed by atoms with Crippen LogP contribution in [0.25, 0.3) is 0 Å². The zero-order valence-electron chi connectivity index (χ0n) is 27.4. The standard InChI is InChI=1S/C38H42N4O6S/c1-2-26-12-9-15-33(36(26)49(47,48)42-32-13-7-4-8-14-32)40-38(46)41-35(29-18-16-28(17-19-29)27-10-5-3-6-11-27)30-20-22-31(23-21-30)37(45)39-25-24-34(43)44/h4,7-9,12-23,27,35,42H,2-3,5-6,10-11,24-25H2,1H3,(H,39,45)(H,43,44)(H2,40,41,46). The average Bonchev–Trinajstić information content (AvgIpc) is 3.11. The first kappa shape index (κ1) is 35.2. The molecule has 0 bridgehead atoms. The van der Waals surface area contributed by atoms with Gasteiger partial charge in [-0.2, -0.15) is 0 Å². The zero-order valence-corrected chi connectivity index (χ0v) is 28.3. The Balaban J connectivity index is 1.41. The Labute approximate surface area is 287 Å². The van der Waals surface area contributed by atoms with Gasteiger partial charge in [0.05, 0.1) is 18.2 Å². The van der Waals surface area contributed by atoms with E-state index in [4.69, 9.17) is 5.11 Å². The lowest BCUT2D eigenvalue weighted by Crippen LogP contribution is -2.34. The lowest BCUT2D eigenvalue weighted by atomic mass is 9.83. The fraction of sp³-hybridized carbons (Fsp3) is 0.289. The van der Waals surface area contributed by atoms with Crippen molar-refractivity contribution < 1.29 is 27.9 Å². The molecule has 1 atom stereocenters. The van der Waals surface area contributed by atoms with Crippen LogP contribution in [0.15, 0.2) is 102 Å². The molecule has 4 aromatic carbocycles. The largest absolute Gasteiger partial charge is 0.481 e. The molecule has 0 radical (unpaired) electrons. The van der Waals surface area contributed by atoms with E-state index in [2.05, 4.69) is 32.8 Å². The first-order valence-electron chi connectivity index (χ1n) is 16.6. The van der Waals surface area contributed by atoms with Crippen LogP contribution in [0.5, 0.6) is 0 Å². The molecule has 256 valence electrons. The molecule has 0 heterocycles. The van der Waals surface area contributed by atoms with Gasteiger partial charge in [-0.15, -0.1) is 0 Å². The summed E-state index contributed by atoms with van der Waals surface area (Å²) in [5, 5.41) is 17.3. The minimum absolute atomic E-state index is 0.00538. The van der Waals surface area contributed by atoms with E-state index in [1.807, 2.05) is 19.1 Å². The minimum atomic E-state index is -4.07. The number of benzene rings is 4. The molecule has 5 N–H and O–H groups in total. The highest BCUT2D eigenvalue weighted by Gasteiger charge is 2.25. The molecule has 1 aliphatic rings. The molecule has 0 spiro atoms. The minimum Gasteiger partial charge on any atom is -0.481 e. The molecule has 1 aliphatic carbocycles. The van der Waals surface area contributed by atoms with E-state index in [9.17, 15) is 22.8 Å². The molecule has 5 rings (SSSR count). The van der Waals surface area contributed by atoms with Gasteiger partial charge >= 0.3 is 12.0 Å². The Morgan fingerprint density at radius 1 is 0.816 bits per heavy atom. The van der Waals surface area contributed by atoms with Crippen LogP contribution in [0.2, 0.25) is 0 Å². The number of hydrogen-bond acceptors (Lipinski definition) is 5. The molecule has 1 saturated carbocycles. The number of hydrogen-bond donors (Lipinski definition) is 5. The van der Waals surface area contributed by atoms with Crippen molar-refractivity contribution in [3.63, 3.8) is 0 Å². The van der Waals surface area contributed by atoms with Crippen LogP contribution >= 0.6 is 0 Å². The van der Waals surface area contributed by atoms with Crippen LogP contribution in [0.1, 0.15) is 90.0 Å². The van der Waals surface area contributed by atoms with Crippen LogP contribution in [0.3, 0.4) is 0 Å². The first-order valence-corrected chi connectivity index (χ1v) is 18.1. The number of sulfonamides is 1. The maximum absolute atomic E-state index is 13.7. The average molecular weight is 683 g/mol. The van der Waals surface area contributed by atoms with Gasteiger partial charge in [0, 0.05) is 17.8 Å². The van der Waals surface area contributed by atoms with Gasteiger partial charge in [-0.3, -0.25) is 14.3 Å². The van der Waals surface area contributed by atoms with Gasteiger partial charge in [0.1, 0.15) is 4.90 Å². The summed E-state index contributed by atoms with van der Waals surface area (Å²) in [4.78, 5) is 37.1. The predicted molar refractivity (Wildman–Crippen MR) is 190 cm³/mol. The third-order valence-electron chi connectivity index (χ3n) is 8.77. The summed E-state index contributed by atoms with van der Waals surface area (Å²) in [6.07, 6.45) is 6.23. The Kier molecular flexibility index (Phi) is 11.7. The van der Waals surface area contributed by atoms with E-state index in [0.29, 0.717) is 34.7 Å². The van der Waals surface area contributed by atoms with E-state index in [-0.39, 0.29) is 23.5 Å². The summed E-state index contributed by atoms with van der Waals surface area (Å²) in [7, 11) is -4.07. The quantitative estimate of drug-likeness (QED) is 0.100. The van der Waals surface area contributed by atoms with E-state index in [1.165, 1.54) is 24.8 Å². The monoisotopic (exact) mass is 682 g/mol. The molecule has 1 fully saturated rings. The second-order valence-corrected chi connectivity index (χ2v) is 13.8. The normalized spacial score (nSPS) is 14.0. The van der Waals surface area contributed by atoms with Crippen molar-refractivity contribution in [3.05, 3.63) is 125 Å². The van der Waals surface area contributed by atoms with Crippen molar-refractivity contribution in [2.24, 2.45) is 0 Å². The SMILES string of the molecule is CCc1cccc(NC(=O)NC(c2ccc(C(=O)NCCC(=O)O)cc2)c2ccc(C3CCCCC3)cc2)c1S(=O)(=O)Nc1ccccc1. The smallest absolute Gasteiger partial charge is 0.320 e. The Bertz CT molecular complexity index is 1860. The first-order chi connectivity index (χ1) is 23.6. The lowest BCUT2D eigenvalue weighted by Gasteiger charge is -2.24. The van der Waals surface area contributed by atoms with Crippen molar-refractivity contribution >= 4 is 39.3 Å². The van der Waals surface area contributed by atoms with Crippen LogP contribution in [-0.2, 0) is 21.2 Å². The number of carbonyl (C=O) groups excluding carboxylic acids is 2. The third-order valence-corrected chi connectivity index (χ3v) is 10.3. The second-order valence-electron chi connectivity index (χ2n) is 12.2. The molecular formula is C38H42N4O6S. The third kappa shape index (κ3) is 9.26. The summed E-state index contributed by atoms with van der Waals surface area (Å²) in [6.45, 7) is 1.86. The number of carboxylic acids is 1. The van der Waals surface area contributed by atoms with Crippen LogP contribution in [-0.4, -0.2) is 38.0 Å². The van der Waals surface area contributed by atoms with E-state index in [0.717, 1.165) is 18.4 Å². The molecule has 0 aromatic heterocycles. The maximum Gasteiger partial charge on any atom is 0.320 e. The Morgan fingerprint density at radius 2 is 1.47 bits per heavy atom. The van der Waals surface area contributed by atoms with Gasteiger partial charge in [0.25, 0.3) is 15.9 Å². The fourth-order valence-corrected chi connectivity index (χ4v) is 7.76. The summed E-state index contributed by atoms with van der Waals surface area (Å²) in [6, 6.07) is 27.2. The van der Waals surface area contributed by atoms with Gasteiger partial charge in [-0.1, -0.05) is 92.9 Å². The number of anilines is 2. The van der Waals surface area contributed by atoms with Crippen LogP contribution in [0, 0.1) is 0 Å². The maximum atomic E-state index is 13.7. The highest BCUT2D eigenvalue weighted by atomic mass is 32.2. The topological polar surface area (TPSA) is 154 Å². The molecular weight excluding hydrogens is 641 g/mol. The van der Waals surface area contributed by atoms with Crippen LogP contribution in [0.4, 0.5) is 16.2 Å². The van der Waals surface area contributed by atoms with Crippen molar-refractivity contribution in [2.45, 2.75) is 68.7 Å². The van der Waals surface area contributed by atoms with Crippen LogP contribution < -0.4 is 20.7 Å². The Morgan fingerprint density at radius 3 is 2.10 bits per heavy atom. The number of amides is 3. The molecule has 0 saturated heterocycles. The molecule has 4 aromatic rings. The number of urea groups is 1. The van der Waals surface area contributed by atoms with Crippen molar-refractivity contribution in [1.82, 2.24) is 10.6 Å². The summed E-state index contributed by atoms with van der Waals surface area (Å²) in [5.41, 5.74) is 4.21. The molecule has 11 heteroatoms. The number of aliphatic carboxylic acids is 1. The van der Waals surface area contributed by atoms with Crippen molar-refractivity contribution in [1.29, 1.82) is 0 Å². The van der Waals surface area contributed by atoms with Crippen molar-refractivity contribution in [2.75, 3.05) is 16.6 Å². The number of carboxylic acid groups (broad SMARTS) is 1.